The standard InChI is InChI=1S/C13H19F2N3O2/c1-13(2,3)20-12(19)18-5-4-17-10-7-8(14)6-9(15)11(10)16/h6-7,17H,4-5,16H2,1-3H3,(H,18,19). The Morgan fingerprint density at radius 1 is 1.30 bits per heavy atom. The molecule has 1 aromatic rings. The Hall–Kier alpha value is -2.05. The average Bonchev–Trinajstić information content (AvgIpc) is 2.28. The van der Waals surface area contributed by atoms with Gasteiger partial charge in [0.2, 0.25) is 0 Å². The molecule has 112 valence electrons. The number of hydrogen-bond donors (Lipinski definition) is 3. The van der Waals surface area contributed by atoms with Gasteiger partial charge < -0.3 is 21.1 Å². The second kappa shape index (κ2) is 6.40. The molecule has 1 rings (SSSR count). The maximum Gasteiger partial charge on any atom is 0.407 e. The summed E-state index contributed by atoms with van der Waals surface area (Å²) in [5.41, 5.74) is 4.87. The van der Waals surface area contributed by atoms with E-state index in [2.05, 4.69) is 10.6 Å². The molecule has 0 heterocycles. The molecule has 20 heavy (non-hydrogen) atoms. The Morgan fingerprint density at radius 3 is 2.55 bits per heavy atom. The maximum atomic E-state index is 13.2. The lowest BCUT2D eigenvalue weighted by atomic mass is 10.2. The largest absolute Gasteiger partial charge is 0.444 e. The van der Waals surface area contributed by atoms with Crippen LogP contribution in [0.4, 0.5) is 25.0 Å². The highest BCUT2D eigenvalue weighted by Gasteiger charge is 2.15. The summed E-state index contributed by atoms with van der Waals surface area (Å²) >= 11 is 0. The van der Waals surface area contributed by atoms with Crippen LogP contribution in [0.25, 0.3) is 0 Å². The molecule has 0 unspecified atom stereocenters. The summed E-state index contributed by atoms with van der Waals surface area (Å²) in [6.45, 7) is 5.74. The van der Waals surface area contributed by atoms with Crippen LogP contribution in [0.5, 0.6) is 0 Å². The molecule has 0 atom stereocenters. The minimum absolute atomic E-state index is 0.147. The van der Waals surface area contributed by atoms with Crippen molar-refractivity contribution in [1.82, 2.24) is 5.32 Å². The first-order chi connectivity index (χ1) is 9.19. The zero-order valence-corrected chi connectivity index (χ0v) is 11.7. The molecule has 0 saturated heterocycles. The number of benzene rings is 1. The van der Waals surface area contributed by atoms with Gasteiger partial charge in [0.25, 0.3) is 0 Å². The highest BCUT2D eigenvalue weighted by Crippen LogP contribution is 2.22. The molecule has 0 aromatic heterocycles. The first-order valence-electron chi connectivity index (χ1n) is 6.14. The molecule has 0 radical (unpaired) electrons. The van der Waals surface area contributed by atoms with E-state index in [1.165, 1.54) is 0 Å². The van der Waals surface area contributed by atoms with Gasteiger partial charge in [-0.15, -0.1) is 0 Å². The number of nitrogens with one attached hydrogen (secondary N) is 2. The quantitative estimate of drug-likeness (QED) is 0.587. The monoisotopic (exact) mass is 287 g/mol. The normalized spacial score (nSPS) is 11.1. The first kappa shape index (κ1) is 16.0. The van der Waals surface area contributed by atoms with E-state index in [-0.39, 0.29) is 24.5 Å². The number of alkyl carbamates (subject to hydrolysis) is 1. The molecule has 4 N–H and O–H groups in total. The van der Waals surface area contributed by atoms with Crippen molar-refractivity contribution in [3.63, 3.8) is 0 Å². The van der Waals surface area contributed by atoms with E-state index in [0.29, 0.717) is 6.07 Å². The summed E-state index contributed by atoms with van der Waals surface area (Å²) in [6, 6.07) is 1.80. The highest BCUT2D eigenvalue weighted by atomic mass is 19.1. The number of halogens is 2. The van der Waals surface area contributed by atoms with Gasteiger partial charge in [-0.3, -0.25) is 0 Å². The van der Waals surface area contributed by atoms with Gasteiger partial charge in [-0.2, -0.15) is 0 Å². The van der Waals surface area contributed by atoms with Crippen LogP contribution in [0.3, 0.4) is 0 Å². The Labute approximate surface area is 116 Å². The Balaban J connectivity index is 2.40. The van der Waals surface area contributed by atoms with E-state index in [4.69, 9.17) is 10.5 Å². The summed E-state index contributed by atoms with van der Waals surface area (Å²) in [4.78, 5) is 11.3. The van der Waals surface area contributed by atoms with Crippen molar-refractivity contribution < 1.29 is 18.3 Å². The summed E-state index contributed by atoms with van der Waals surface area (Å²) in [5.74, 6) is -1.55. The second-order valence-corrected chi connectivity index (χ2v) is 5.20. The number of carbonyl (C=O) groups is 1. The van der Waals surface area contributed by atoms with Crippen molar-refractivity contribution in [2.24, 2.45) is 0 Å². The molecule has 0 bridgehead atoms. The van der Waals surface area contributed by atoms with Crippen molar-refractivity contribution >= 4 is 17.5 Å². The molecule has 0 spiro atoms. The van der Waals surface area contributed by atoms with Gasteiger partial charge in [0.05, 0.1) is 11.4 Å². The van der Waals surface area contributed by atoms with E-state index in [9.17, 15) is 13.6 Å². The van der Waals surface area contributed by atoms with Crippen LogP contribution in [0.1, 0.15) is 20.8 Å². The van der Waals surface area contributed by atoms with Crippen LogP contribution in [0.15, 0.2) is 12.1 Å². The van der Waals surface area contributed by atoms with Gasteiger partial charge in [-0.05, 0) is 26.8 Å². The smallest absolute Gasteiger partial charge is 0.407 e. The van der Waals surface area contributed by atoms with Crippen molar-refractivity contribution in [2.75, 3.05) is 24.1 Å². The van der Waals surface area contributed by atoms with Gasteiger partial charge >= 0.3 is 6.09 Å². The predicted molar refractivity (Wildman–Crippen MR) is 73.5 cm³/mol. The summed E-state index contributed by atoms with van der Waals surface area (Å²) in [7, 11) is 0. The Morgan fingerprint density at radius 2 is 1.95 bits per heavy atom. The van der Waals surface area contributed by atoms with E-state index in [1.807, 2.05) is 0 Å². The fraction of sp³-hybridized carbons (Fsp3) is 0.462. The Bertz CT molecular complexity index is 487. The van der Waals surface area contributed by atoms with Crippen molar-refractivity contribution in [3.8, 4) is 0 Å². The van der Waals surface area contributed by atoms with E-state index >= 15 is 0 Å². The third-order valence-electron chi connectivity index (χ3n) is 2.20. The fourth-order valence-corrected chi connectivity index (χ4v) is 1.41. The predicted octanol–water partition coefficient (Wildman–Crippen LogP) is 2.48. The lowest BCUT2D eigenvalue weighted by molar-refractivity contribution is 0.0530. The molecular formula is C13H19F2N3O2. The lowest BCUT2D eigenvalue weighted by Crippen LogP contribution is -2.35. The Kier molecular flexibility index (Phi) is 5.12. The minimum Gasteiger partial charge on any atom is -0.444 e. The van der Waals surface area contributed by atoms with Crippen LogP contribution in [0, 0.1) is 11.6 Å². The molecule has 1 aromatic carbocycles. The van der Waals surface area contributed by atoms with Crippen LogP contribution in [-0.2, 0) is 4.74 Å². The fourth-order valence-electron chi connectivity index (χ4n) is 1.41. The topological polar surface area (TPSA) is 76.4 Å². The molecular weight excluding hydrogens is 268 g/mol. The molecule has 0 aliphatic carbocycles. The van der Waals surface area contributed by atoms with Crippen LogP contribution >= 0.6 is 0 Å². The van der Waals surface area contributed by atoms with E-state index in [1.54, 1.807) is 20.8 Å². The molecule has 7 heteroatoms. The van der Waals surface area contributed by atoms with E-state index < -0.39 is 23.3 Å². The number of amides is 1. The summed E-state index contributed by atoms with van der Waals surface area (Å²) in [5, 5.41) is 5.24. The number of nitrogens with two attached hydrogens (primary N) is 1. The summed E-state index contributed by atoms with van der Waals surface area (Å²) in [6.07, 6.45) is -0.558. The van der Waals surface area contributed by atoms with Gasteiger partial charge in [0, 0.05) is 19.2 Å². The number of carbonyl (C=O) groups excluding carboxylic acids is 1. The molecule has 0 aliphatic rings. The van der Waals surface area contributed by atoms with Gasteiger partial charge in [-0.25, -0.2) is 13.6 Å². The molecule has 0 saturated carbocycles. The van der Waals surface area contributed by atoms with Crippen molar-refractivity contribution in [1.29, 1.82) is 0 Å². The third-order valence-corrected chi connectivity index (χ3v) is 2.20. The number of nitrogen functional groups attached to an aromatic ring is 1. The zero-order valence-electron chi connectivity index (χ0n) is 11.7. The van der Waals surface area contributed by atoms with Gasteiger partial charge in [0.1, 0.15) is 11.4 Å². The highest BCUT2D eigenvalue weighted by molar-refractivity contribution is 5.68. The SMILES string of the molecule is CC(C)(C)OC(=O)NCCNc1cc(F)cc(F)c1N. The minimum atomic E-state index is -0.826. The molecule has 0 fully saturated rings. The van der Waals surface area contributed by atoms with Crippen LogP contribution < -0.4 is 16.4 Å². The molecule has 0 aliphatic heterocycles. The molecule has 1 amide bonds. The zero-order chi connectivity index (χ0) is 15.3. The van der Waals surface area contributed by atoms with Crippen molar-refractivity contribution in [2.45, 2.75) is 26.4 Å². The van der Waals surface area contributed by atoms with Gasteiger partial charge in [0.15, 0.2) is 5.82 Å². The van der Waals surface area contributed by atoms with Gasteiger partial charge in [-0.1, -0.05) is 0 Å². The lowest BCUT2D eigenvalue weighted by Gasteiger charge is -2.19. The van der Waals surface area contributed by atoms with Crippen molar-refractivity contribution in [3.05, 3.63) is 23.8 Å². The number of anilines is 2. The second-order valence-electron chi connectivity index (χ2n) is 5.20. The summed E-state index contributed by atoms with van der Waals surface area (Å²) < 4.78 is 31.2. The van der Waals surface area contributed by atoms with E-state index in [0.717, 1.165) is 6.07 Å². The number of rotatable bonds is 4. The number of ether oxygens (including phenoxy) is 1. The average molecular weight is 287 g/mol. The molecule has 5 nitrogen and oxygen atoms in total. The number of hydrogen-bond acceptors (Lipinski definition) is 4. The van der Waals surface area contributed by atoms with Crippen LogP contribution in [-0.4, -0.2) is 24.8 Å². The maximum absolute atomic E-state index is 13.2. The first-order valence-corrected chi connectivity index (χ1v) is 6.14. The van der Waals surface area contributed by atoms with Crippen LogP contribution in [0.2, 0.25) is 0 Å². The third kappa shape index (κ3) is 5.29.